The number of rotatable bonds is 1. The Morgan fingerprint density at radius 3 is 2.76 bits per heavy atom. The van der Waals surface area contributed by atoms with E-state index >= 15 is 0 Å². The highest BCUT2D eigenvalue weighted by molar-refractivity contribution is 5.99. The molecule has 4 aliphatic heterocycles. The van der Waals surface area contributed by atoms with Crippen LogP contribution < -0.4 is 15.8 Å². The molecular formula is C29H37N5O3. The Kier molecular flexibility index (Phi) is 6.46. The number of benzene rings is 1. The summed E-state index contributed by atoms with van der Waals surface area (Å²) in [5, 5.41) is 3.20. The van der Waals surface area contributed by atoms with Gasteiger partial charge in [-0.15, -0.1) is 0 Å². The smallest absolute Gasteiger partial charge is 0.270 e. The number of amides is 2. The highest BCUT2D eigenvalue weighted by atomic mass is 16.5. The van der Waals surface area contributed by atoms with Crippen molar-refractivity contribution in [2.75, 3.05) is 0 Å². The fourth-order valence-corrected chi connectivity index (χ4v) is 5.95. The summed E-state index contributed by atoms with van der Waals surface area (Å²) in [6.07, 6.45) is 6.99. The van der Waals surface area contributed by atoms with Gasteiger partial charge in [0.05, 0.1) is 24.0 Å². The molecule has 6 bridgehead atoms. The molecule has 0 saturated carbocycles. The quantitative estimate of drug-likeness (QED) is 0.591. The van der Waals surface area contributed by atoms with Crippen molar-refractivity contribution in [1.29, 1.82) is 0 Å². The van der Waals surface area contributed by atoms with Crippen molar-refractivity contribution in [2.45, 2.75) is 95.9 Å². The first kappa shape index (κ1) is 25.2. The Labute approximate surface area is 218 Å². The second-order valence-corrected chi connectivity index (χ2v) is 11.3. The standard InChI is InChI=1S/C29H37N5O3/c1-5-29-12-7-6-8-19-9-10-24-21(14-19)23(16-28(3,4)37-24)32-26(36)22-15-20(11-13-31-22)18(2)34(25(35)17-29)27(30)33-29/h9-11,13-15,18,23H,5-8,12,16-17H2,1-4H3,(H2,30,33)(H,32,36)/t18-,23+,29-/m1/s1. The minimum Gasteiger partial charge on any atom is -0.487 e. The molecule has 0 fully saturated rings. The molecule has 0 aliphatic carbocycles. The van der Waals surface area contributed by atoms with Crippen LogP contribution in [0.2, 0.25) is 0 Å². The van der Waals surface area contributed by atoms with E-state index in [1.54, 1.807) is 17.2 Å². The minimum absolute atomic E-state index is 0.0320. The Bertz CT molecular complexity index is 1260. The predicted octanol–water partition coefficient (Wildman–Crippen LogP) is 4.60. The maximum atomic E-state index is 13.4. The third kappa shape index (κ3) is 4.93. The second-order valence-electron chi connectivity index (χ2n) is 11.3. The number of guanidine groups is 1. The molecule has 1 aromatic carbocycles. The number of nitrogens with two attached hydrogens (primary N) is 1. The summed E-state index contributed by atoms with van der Waals surface area (Å²) in [5.74, 6) is 0.772. The molecule has 3 N–H and O–H groups in total. The third-order valence-electron chi connectivity index (χ3n) is 8.09. The first-order valence-electron chi connectivity index (χ1n) is 13.4. The van der Waals surface area contributed by atoms with Crippen LogP contribution in [-0.4, -0.2) is 38.8 Å². The molecule has 8 heteroatoms. The molecule has 3 atom stereocenters. The van der Waals surface area contributed by atoms with Gasteiger partial charge >= 0.3 is 0 Å². The zero-order chi connectivity index (χ0) is 26.4. The molecule has 37 heavy (non-hydrogen) atoms. The number of fused-ring (bicyclic) bond motifs is 5. The van der Waals surface area contributed by atoms with Gasteiger partial charge in [-0.1, -0.05) is 25.5 Å². The first-order chi connectivity index (χ1) is 17.6. The van der Waals surface area contributed by atoms with Crippen molar-refractivity contribution in [1.82, 2.24) is 15.2 Å². The van der Waals surface area contributed by atoms with E-state index in [-0.39, 0.29) is 29.9 Å². The van der Waals surface area contributed by atoms with Crippen LogP contribution in [0.1, 0.15) is 105 Å². The van der Waals surface area contributed by atoms with E-state index in [0.717, 1.165) is 49.0 Å². The monoisotopic (exact) mass is 503 g/mol. The zero-order valence-corrected chi connectivity index (χ0v) is 22.2. The van der Waals surface area contributed by atoms with Crippen molar-refractivity contribution in [2.24, 2.45) is 10.7 Å². The predicted molar refractivity (Wildman–Crippen MR) is 142 cm³/mol. The molecule has 6 rings (SSSR count). The van der Waals surface area contributed by atoms with Crippen LogP contribution in [0.3, 0.4) is 0 Å². The largest absolute Gasteiger partial charge is 0.487 e. The van der Waals surface area contributed by atoms with Gasteiger partial charge in [-0.3, -0.25) is 19.5 Å². The number of nitrogens with one attached hydrogen (secondary N) is 1. The van der Waals surface area contributed by atoms with Crippen LogP contribution in [0.5, 0.6) is 5.75 Å². The fourth-order valence-electron chi connectivity index (χ4n) is 5.95. The van der Waals surface area contributed by atoms with E-state index in [1.165, 1.54) is 5.56 Å². The van der Waals surface area contributed by atoms with Crippen molar-refractivity contribution < 1.29 is 14.3 Å². The van der Waals surface area contributed by atoms with Gasteiger partial charge in [-0.05, 0) is 75.8 Å². The Morgan fingerprint density at radius 2 is 2.00 bits per heavy atom. The maximum absolute atomic E-state index is 13.4. The van der Waals surface area contributed by atoms with E-state index in [4.69, 9.17) is 15.5 Å². The number of carbonyl (C=O) groups excluding carboxylic acids is 2. The van der Waals surface area contributed by atoms with Gasteiger partial charge in [0.1, 0.15) is 17.0 Å². The lowest BCUT2D eigenvalue weighted by molar-refractivity contribution is -0.131. The van der Waals surface area contributed by atoms with E-state index in [2.05, 4.69) is 29.4 Å². The van der Waals surface area contributed by atoms with Crippen LogP contribution >= 0.6 is 0 Å². The first-order valence-corrected chi connectivity index (χ1v) is 13.4. The van der Waals surface area contributed by atoms with Gasteiger partial charge in [0.15, 0.2) is 5.96 Å². The Hall–Kier alpha value is -3.42. The molecule has 2 amide bonds. The summed E-state index contributed by atoms with van der Waals surface area (Å²) < 4.78 is 6.26. The summed E-state index contributed by atoms with van der Waals surface area (Å²) in [6, 6.07) is 9.30. The summed E-state index contributed by atoms with van der Waals surface area (Å²) in [6.45, 7) is 8.07. The molecule has 0 spiro atoms. The minimum atomic E-state index is -0.466. The van der Waals surface area contributed by atoms with Gasteiger partial charge < -0.3 is 15.8 Å². The van der Waals surface area contributed by atoms with E-state index in [0.29, 0.717) is 18.5 Å². The summed E-state index contributed by atoms with van der Waals surface area (Å²) >= 11 is 0. The normalized spacial score (nSPS) is 27.5. The van der Waals surface area contributed by atoms with Crippen molar-refractivity contribution in [3.63, 3.8) is 0 Å². The Morgan fingerprint density at radius 1 is 1.19 bits per heavy atom. The number of hydrogen-bond acceptors (Lipinski definition) is 6. The third-order valence-corrected chi connectivity index (χ3v) is 8.09. The van der Waals surface area contributed by atoms with Gasteiger partial charge in [0, 0.05) is 18.2 Å². The molecule has 8 nitrogen and oxygen atoms in total. The molecule has 5 heterocycles. The number of ether oxygens (including phenoxy) is 1. The molecule has 0 radical (unpaired) electrons. The number of pyridine rings is 1. The number of carbonyl (C=O) groups is 2. The average molecular weight is 504 g/mol. The lowest BCUT2D eigenvalue weighted by Gasteiger charge is -2.40. The molecule has 0 saturated heterocycles. The summed E-state index contributed by atoms with van der Waals surface area (Å²) in [7, 11) is 0. The molecule has 196 valence electrons. The van der Waals surface area contributed by atoms with Crippen molar-refractivity contribution >= 4 is 17.8 Å². The number of aromatic nitrogens is 1. The molecular weight excluding hydrogens is 466 g/mol. The highest BCUT2D eigenvalue weighted by Gasteiger charge is 2.40. The van der Waals surface area contributed by atoms with Gasteiger partial charge in [-0.2, -0.15) is 0 Å². The van der Waals surface area contributed by atoms with Gasteiger partial charge in [0.25, 0.3) is 5.91 Å². The average Bonchev–Trinajstić information content (AvgIpc) is 2.85. The number of aryl methyl sites for hydroxylation is 1. The molecule has 1 aromatic heterocycles. The number of hydrogen-bond donors (Lipinski definition) is 2. The van der Waals surface area contributed by atoms with Crippen molar-refractivity contribution in [3.8, 4) is 5.75 Å². The van der Waals surface area contributed by atoms with E-state index in [1.807, 2.05) is 32.9 Å². The zero-order valence-electron chi connectivity index (χ0n) is 22.2. The second kappa shape index (κ2) is 9.47. The van der Waals surface area contributed by atoms with Crippen LogP contribution in [0.25, 0.3) is 0 Å². The highest BCUT2D eigenvalue weighted by Crippen LogP contribution is 2.41. The molecule has 2 aromatic rings. The SMILES string of the molecule is CC[C@@]12CCCCc3ccc4c(c3)[C@H](CC(C)(C)O4)NC(=O)c3cc(ccn3)[C@@H](C)N(C(=O)C1)C(N)=N2. The lowest BCUT2D eigenvalue weighted by atomic mass is 9.84. The maximum Gasteiger partial charge on any atom is 0.270 e. The van der Waals surface area contributed by atoms with Crippen LogP contribution in [0, 0.1) is 0 Å². The lowest BCUT2D eigenvalue weighted by Crippen LogP contribution is -2.52. The number of aliphatic imine (C=N–C) groups is 1. The van der Waals surface area contributed by atoms with Crippen LogP contribution in [0.4, 0.5) is 0 Å². The number of nitrogens with zero attached hydrogens (tertiary/aromatic N) is 3. The van der Waals surface area contributed by atoms with Crippen LogP contribution in [-0.2, 0) is 11.2 Å². The summed E-state index contributed by atoms with van der Waals surface area (Å²) in [4.78, 5) is 37.6. The van der Waals surface area contributed by atoms with E-state index in [9.17, 15) is 9.59 Å². The Balaban J connectivity index is 1.56. The van der Waals surface area contributed by atoms with Crippen molar-refractivity contribution in [3.05, 3.63) is 58.9 Å². The van der Waals surface area contributed by atoms with Gasteiger partial charge in [-0.25, -0.2) is 4.99 Å². The molecule has 0 unspecified atom stereocenters. The topological polar surface area (TPSA) is 110 Å². The van der Waals surface area contributed by atoms with E-state index < -0.39 is 11.1 Å². The fraction of sp³-hybridized carbons (Fsp3) is 0.517. The van der Waals surface area contributed by atoms with Gasteiger partial charge in [0.2, 0.25) is 5.91 Å². The van der Waals surface area contributed by atoms with Crippen LogP contribution in [0.15, 0.2) is 41.5 Å². The molecule has 4 aliphatic rings. The summed E-state index contributed by atoms with van der Waals surface area (Å²) in [5.41, 5.74) is 8.84.